The zero-order chi connectivity index (χ0) is 42.7. The van der Waals surface area contributed by atoms with Gasteiger partial charge in [0.1, 0.15) is 0 Å². The Morgan fingerprint density at radius 2 is 1.10 bits per heavy atom. The zero-order valence-corrected chi connectivity index (χ0v) is 39.3. The van der Waals surface area contributed by atoms with Crippen LogP contribution in [0.15, 0.2) is 158 Å². The summed E-state index contributed by atoms with van der Waals surface area (Å²) >= 11 is 0. The monoisotopic (exact) mass is 990 g/mol. The van der Waals surface area contributed by atoms with Gasteiger partial charge in [-0.1, -0.05) is 135 Å². The molecular formula is C57H53N3OPt. The molecule has 62 heavy (non-hydrogen) atoms. The SMILES string of the molecule is CC(C)(C)c1ccc(N2c3ccc(C(C)(C)C)cc3C(c3[c-]c(Oc4[c-]c(-c5nccc6ccccc56)ccc4)ccc3)(c3ccccn3)c3cc(C(C)(C)C)ccc32)cc1.[Pt+2]. The van der Waals surface area contributed by atoms with Gasteiger partial charge in [-0.05, 0) is 103 Å². The number of hydrogen-bond acceptors (Lipinski definition) is 4. The van der Waals surface area contributed by atoms with E-state index >= 15 is 0 Å². The van der Waals surface area contributed by atoms with E-state index in [-0.39, 0.29) is 37.3 Å². The molecule has 0 bridgehead atoms. The molecule has 0 saturated heterocycles. The van der Waals surface area contributed by atoms with Crippen molar-refractivity contribution in [1.29, 1.82) is 0 Å². The van der Waals surface area contributed by atoms with Crippen LogP contribution in [-0.4, -0.2) is 9.97 Å². The van der Waals surface area contributed by atoms with Gasteiger partial charge in [0.15, 0.2) is 0 Å². The fourth-order valence-electron chi connectivity index (χ4n) is 8.77. The summed E-state index contributed by atoms with van der Waals surface area (Å²) in [5.74, 6) is 1.18. The first-order chi connectivity index (χ1) is 29.1. The molecule has 0 N–H and O–H groups in total. The second-order valence-electron chi connectivity index (χ2n) is 19.4. The minimum absolute atomic E-state index is 0. The van der Waals surface area contributed by atoms with Crippen molar-refractivity contribution >= 4 is 27.8 Å². The Hall–Kier alpha value is -5.83. The molecule has 0 aliphatic carbocycles. The van der Waals surface area contributed by atoms with Crippen LogP contribution in [0.25, 0.3) is 22.0 Å². The van der Waals surface area contributed by atoms with Gasteiger partial charge < -0.3 is 14.6 Å². The van der Waals surface area contributed by atoms with Crippen molar-refractivity contribution in [2.45, 2.75) is 84.0 Å². The van der Waals surface area contributed by atoms with Gasteiger partial charge in [-0.15, -0.1) is 41.5 Å². The van der Waals surface area contributed by atoms with E-state index in [1.165, 1.54) is 16.7 Å². The molecule has 5 heteroatoms. The number of pyridine rings is 2. The van der Waals surface area contributed by atoms with E-state index in [1.807, 2.05) is 54.9 Å². The van der Waals surface area contributed by atoms with Gasteiger partial charge in [0.2, 0.25) is 0 Å². The number of aromatic nitrogens is 2. The number of rotatable bonds is 6. The zero-order valence-electron chi connectivity index (χ0n) is 37.1. The first kappa shape index (κ1) is 42.8. The summed E-state index contributed by atoms with van der Waals surface area (Å²) < 4.78 is 6.76. The number of ether oxygens (including phenoxy) is 1. The van der Waals surface area contributed by atoms with Gasteiger partial charge >= 0.3 is 21.1 Å². The number of nitrogens with zero attached hydrogens (tertiary/aromatic N) is 3. The minimum Gasteiger partial charge on any atom is -0.503 e. The van der Waals surface area contributed by atoms with E-state index in [1.54, 1.807) is 0 Å². The molecule has 8 aromatic rings. The molecule has 0 amide bonds. The Kier molecular flexibility index (Phi) is 11.1. The molecular weight excluding hydrogens is 938 g/mol. The van der Waals surface area contributed by atoms with Gasteiger partial charge in [-0.3, -0.25) is 4.98 Å². The molecule has 0 atom stereocenters. The average Bonchev–Trinajstić information content (AvgIpc) is 3.24. The van der Waals surface area contributed by atoms with E-state index in [2.05, 4.69) is 182 Å². The summed E-state index contributed by atoms with van der Waals surface area (Å²) in [4.78, 5) is 12.5. The molecule has 0 saturated carbocycles. The average molecular weight is 991 g/mol. The van der Waals surface area contributed by atoms with Gasteiger partial charge in [-0.2, -0.15) is 12.1 Å². The van der Waals surface area contributed by atoms with E-state index in [9.17, 15) is 0 Å². The summed E-state index contributed by atoms with van der Waals surface area (Å²) in [5, 5.41) is 2.20. The normalized spacial score (nSPS) is 13.5. The summed E-state index contributed by atoms with van der Waals surface area (Å²) in [6.45, 7) is 20.5. The number of anilines is 3. The first-order valence-electron chi connectivity index (χ1n) is 21.3. The number of hydrogen-bond donors (Lipinski definition) is 0. The smallest absolute Gasteiger partial charge is 0.503 e. The number of benzene rings is 6. The third kappa shape index (κ3) is 7.68. The molecule has 9 rings (SSSR count). The van der Waals surface area contributed by atoms with Crippen LogP contribution in [-0.2, 0) is 42.7 Å². The minimum atomic E-state index is -0.881. The van der Waals surface area contributed by atoms with Crippen molar-refractivity contribution in [3.05, 3.63) is 209 Å². The molecule has 312 valence electrons. The third-order valence-corrected chi connectivity index (χ3v) is 12.1. The maximum Gasteiger partial charge on any atom is 2.00 e. The standard InChI is InChI=1S/C57H53N3O.Pt/c1-54(2,3)40-23-27-44(28-24-40)60-50-29-25-41(55(4,5)6)36-48(50)57(52-22-12-13-32-58-52,49-37-42(56(7,8)9)26-30-51(49)60)43-18-15-20-46(35-43)61-45-19-14-17-39(34-45)53-47-21-11-10-16-38(47)31-33-59-53;/h10-33,36-37H,1-9H3;/q-2;+2. The van der Waals surface area contributed by atoms with Crippen LogP contribution < -0.4 is 9.64 Å². The summed E-state index contributed by atoms with van der Waals surface area (Å²) in [6, 6.07) is 59.4. The van der Waals surface area contributed by atoms with Gasteiger partial charge in [0, 0.05) is 29.6 Å². The predicted octanol–water partition coefficient (Wildman–Crippen LogP) is 14.7. The molecule has 6 aromatic carbocycles. The van der Waals surface area contributed by atoms with Crippen molar-refractivity contribution in [3.8, 4) is 22.8 Å². The fraction of sp³-hybridized carbons (Fsp3) is 0.228. The predicted molar refractivity (Wildman–Crippen MR) is 252 cm³/mol. The fourth-order valence-corrected chi connectivity index (χ4v) is 8.77. The van der Waals surface area contributed by atoms with Gasteiger partial charge in [0.05, 0.1) is 22.5 Å². The molecule has 1 aliphatic rings. The second-order valence-corrected chi connectivity index (χ2v) is 19.4. The van der Waals surface area contributed by atoms with Crippen LogP contribution in [0.5, 0.6) is 11.5 Å². The molecule has 0 spiro atoms. The van der Waals surface area contributed by atoms with Crippen LogP contribution in [0.1, 0.15) is 101 Å². The molecule has 4 nitrogen and oxygen atoms in total. The molecule has 2 aromatic heterocycles. The van der Waals surface area contributed by atoms with Crippen LogP contribution in [0.3, 0.4) is 0 Å². The van der Waals surface area contributed by atoms with Crippen LogP contribution in [0.2, 0.25) is 0 Å². The van der Waals surface area contributed by atoms with Crippen molar-refractivity contribution < 1.29 is 25.8 Å². The molecule has 3 heterocycles. The molecule has 1 aliphatic heterocycles. The Labute approximate surface area is 382 Å². The van der Waals surface area contributed by atoms with Crippen molar-refractivity contribution in [2.24, 2.45) is 0 Å². The van der Waals surface area contributed by atoms with Crippen LogP contribution in [0, 0.1) is 12.1 Å². The van der Waals surface area contributed by atoms with Crippen molar-refractivity contribution in [3.63, 3.8) is 0 Å². The molecule has 0 fully saturated rings. The third-order valence-electron chi connectivity index (χ3n) is 12.1. The Bertz CT molecular complexity index is 2830. The van der Waals surface area contributed by atoms with E-state index in [0.29, 0.717) is 11.5 Å². The number of fused-ring (bicyclic) bond motifs is 3. The largest absolute Gasteiger partial charge is 2.00 e. The summed E-state index contributed by atoms with van der Waals surface area (Å²) in [5.41, 5.74) is 11.9. The quantitative estimate of drug-likeness (QED) is 0.156. The Morgan fingerprint density at radius 3 is 1.71 bits per heavy atom. The van der Waals surface area contributed by atoms with Crippen molar-refractivity contribution in [1.82, 2.24) is 9.97 Å². The maximum atomic E-state index is 6.76. The Balaban J connectivity index is 0.00000529. The Morgan fingerprint density at radius 1 is 0.516 bits per heavy atom. The molecule has 0 radical (unpaired) electrons. The topological polar surface area (TPSA) is 38.2 Å². The maximum absolute atomic E-state index is 6.76. The summed E-state index contributed by atoms with van der Waals surface area (Å²) in [7, 11) is 0. The van der Waals surface area contributed by atoms with E-state index in [0.717, 1.165) is 61.5 Å². The van der Waals surface area contributed by atoms with Crippen molar-refractivity contribution in [2.75, 3.05) is 4.90 Å². The van der Waals surface area contributed by atoms with Crippen LogP contribution >= 0.6 is 0 Å². The molecule has 0 unspecified atom stereocenters. The summed E-state index contributed by atoms with van der Waals surface area (Å²) in [6.07, 6.45) is 3.77. The van der Waals surface area contributed by atoms with Gasteiger partial charge in [0.25, 0.3) is 0 Å². The van der Waals surface area contributed by atoms with Crippen LogP contribution in [0.4, 0.5) is 17.1 Å². The van der Waals surface area contributed by atoms with Gasteiger partial charge in [-0.25, -0.2) is 0 Å². The van der Waals surface area contributed by atoms with E-state index < -0.39 is 5.41 Å². The second kappa shape index (κ2) is 16.1. The first-order valence-corrected chi connectivity index (χ1v) is 21.3. The van der Waals surface area contributed by atoms with E-state index in [4.69, 9.17) is 14.7 Å².